The number of nitrogens with zero attached hydrogens (tertiary/aromatic N) is 4. The summed E-state index contributed by atoms with van der Waals surface area (Å²) in [4.78, 5) is 0. The van der Waals surface area contributed by atoms with Crippen LogP contribution in [-0.4, -0.2) is 14.6 Å². The van der Waals surface area contributed by atoms with Gasteiger partial charge in [0.1, 0.15) is 6.07 Å². The lowest BCUT2D eigenvalue weighted by Crippen LogP contribution is -1.90. The smallest absolute Gasteiger partial charge is 0.168 e. The Morgan fingerprint density at radius 2 is 1.89 bits per heavy atom. The van der Waals surface area contributed by atoms with Crippen LogP contribution < -0.4 is 0 Å². The lowest BCUT2D eigenvalue weighted by atomic mass is 10.2. The van der Waals surface area contributed by atoms with Crippen molar-refractivity contribution in [1.82, 2.24) is 14.6 Å². The van der Waals surface area contributed by atoms with Gasteiger partial charge in [-0.2, -0.15) is 5.26 Å². The van der Waals surface area contributed by atoms with E-state index >= 15 is 0 Å². The van der Waals surface area contributed by atoms with E-state index < -0.39 is 0 Å². The van der Waals surface area contributed by atoms with Crippen molar-refractivity contribution in [2.75, 3.05) is 0 Å². The number of benzene rings is 1. The molecular formula is C13H6Cl2N4. The molecule has 6 heteroatoms. The highest BCUT2D eigenvalue weighted by Crippen LogP contribution is 2.27. The normalized spacial score (nSPS) is 10.6. The van der Waals surface area contributed by atoms with Gasteiger partial charge in [0.2, 0.25) is 0 Å². The Morgan fingerprint density at radius 3 is 2.63 bits per heavy atom. The van der Waals surface area contributed by atoms with Gasteiger partial charge in [-0.25, -0.2) is 0 Å². The van der Waals surface area contributed by atoms with Gasteiger partial charge in [-0.15, -0.1) is 10.2 Å². The molecule has 92 valence electrons. The van der Waals surface area contributed by atoms with Crippen LogP contribution in [0.4, 0.5) is 0 Å². The third kappa shape index (κ3) is 2.03. The molecule has 0 aliphatic rings. The van der Waals surface area contributed by atoms with E-state index in [4.69, 9.17) is 28.5 Å². The van der Waals surface area contributed by atoms with Crippen molar-refractivity contribution in [2.45, 2.75) is 0 Å². The summed E-state index contributed by atoms with van der Waals surface area (Å²) in [6, 6.07) is 10.8. The Balaban J connectivity index is 2.24. The molecule has 0 amide bonds. The number of pyridine rings is 1. The zero-order valence-corrected chi connectivity index (χ0v) is 11.0. The molecule has 0 bridgehead atoms. The molecule has 0 aliphatic carbocycles. The van der Waals surface area contributed by atoms with Crippen LogP contribution in [0.3, 0.4) is 0 Å². The SMILES string of the molecule is N#Cc1ccc2nnc(-c3ccc(Cl)c(Cl)c3)n2c1. The molecule has 0 atom stereocenters. The molecule has 0 radical (unpaired) electrons. The highest BCUT2D eigenvalue weighted by atomic mass is 35.5. The molecule has 2 aromatic heterocycles. The van der Waals surface area contributed by atoms with E-state index in [-0.39, 0.29) is 0 Å². The van der Waals surface area contributed by atoms with Gasteiger partial charge in [0, 0.05) is 11.8 Å². The van der Waals surface area contributed by atoms with Crippen molar-refractivity contribution in [3.63, 3.8) is 0 Å². The summed E-state index contributed by atoms with van der Waals surface area (Å²) in [5.41, 5.74) is 1.99. The van der Waals surface area contributed by atoms with Crippen molar-refractivity contribution in [2.24, 2.45) is 0 Å². The van der Waals surface area contributed by atoms with E-state index in [0.717, 1.165) is 5.56 Å². The maximum Gasteiger partial charge on any atom is 0.168 e. The monoisotopic (exact) mass is 288 g/mol. The summed E-state index contributed by atoms with van der Waals surface area (Å²) in [5.74, 6) is 0.616. The first kappa shape index (κ1) is 12.0. The van der Waals surface area contributed by atoms with Crippen LogP contribution in [0.25, 0.3) is 17.0 Å². The van der Waals surface area contributed by atoms with Crippen LogP contribution in [0.1, 0.15) is 5.56 Å². The third-order valence-corrected chi connectivity index (χ3v) is 3.45. The molecule has 0 spiro atoms. The van der Waals surface area contributed by atoms with E-state index in [2.05, 4.69) is 16.3 Å². The Hall–Kier alpha value is -2.09. The second-order valence-electron chi connectivity index (χ2n) is 3.91. The Morgan fingerprint density at radius 1 is 1.05 bits per heavy atom. The van der Waals surface area contributed by atoms with Crippen LogP contribution in [0.2, 0.25) is 10.0 Å². The third-order valence-electron chi connectivity index (χ3n) is 2.71. The molecule has 3 rings (SSSR count). The number of rotatable bonds is 1. The van der Waals surface area contributed by atoms with Gasteiger partial charge in [0.15, 0.2) is 11.5 Å². The van der Waals surface area contributed by atoms with Gasteiger partial charge < -0.3 is 0 Å². The van der Waals surface area contributed by atoms with Gasteiger partial charge >= 0.3 is 0 Å². The van der Waals surface area contributed by atoms with Gasteiger partial charge in [-0.1, -0.05) is 23.2 Å². The molecule has 0 saturated carbocycles. The number of hydrogen-bond acceptors (Lipinski definition) is 3. The van der Waals surface area contributed by atoms with Gasteiger partial charge in [-0.3, -0.25) is 4.40 Å². The quantitative estimate of drug-likeness (QED) is 0.688. The van der Waals surface area contributed by atoms with Crippen molar-refractivity contribution in [3.05, 3.63) is 52.1 Å². The Bertz CT molecular complexity index is 817. The summed E-state index contributed by atoms with van der Waals surface area (Å²) in [5, 5.41) is 18.0. The Labute approximate surface area is 118 Å². The number of hydrogen-bond donors (Lipinski definition) is 0. The van der Waals surface area contributed by atoms with Crippen LogP contribution in [0.5, 0.6) is 0 Å². The van der Waals surface area contributed by atoms with E-state index in [1.165, 1.54) is 0 Å². The average molecular weight is 289 g/mol. The average Bonchev–Trinajstić information content (AvgIpc) is 2.84. The molecule has 0 saturated heterocycles. The largest absolute Gasteiger partial charge is 0.281 e. The highest BCUT2D eigenvalue weighted by molar-refractivity contribution is 6.42. The number of fused-ring (bicyclic) bond motifs is 1. The predicted molar refractivity (Wildman–Crippen MR) is 73.2 cm³/mol. The van der Waals surface area contributed by atoms with Crippen LogP contribution in [0.15, 0.2) is 36.5 Å². The van der Waals surface area contributed by atoms with Crippen molar-refractivity contribution in [1.29, 1.82) is 5.26 Å². The summed E-state index contributed by atoms with van der Waals surface area (Å²) in [6.07, 6.45) is 1.69. The first-order valence-electron chi connectivity index (χ1n) is 5.39. The molecule has 0 N–H and O–H groups in total. The van der Waals surface area contributed by atoms with E-state index in [1.807, 2.05) is 6.07 Å². The predicted octanol–water partition coefficient (Wildman–Crippen LogP) is 3.57. The molecular weight excluding hydrogens is 283 g/mol. The number of halogens is 2. The van der Waals surface area contributed by atoms with Gasteiger partial charge in [0.05, 0.1) is 15.6 Å². The molecule has 1 aromatic carbocycles. The fraction of sp³-hybridized carbons (Fsp3) is 0. The molecule has 3 aromatic rings. The summed E-state index contributed by atoms with van der Waals surface area (Å²) in [6.45, 7) is 0. The maximum absolute atomic E-state index is 8.93. The minimum absolute atomic E-state index is 0.451. The van der Waals surface area contributed by atoms with Crippen LogP contribution >= 0.6 is 23.2 Å². The zero-order chi connectivity index (χ0) is 13.4. The zero-order valence-electron chi connectivity index (χ0n) is 9.51. The number of aromatic nitrogens is 3. The molecule has 0 fully saturated rings. The van der Waals surface area contributed by atoms with Gasteiger partial charge in [-0.05, 0) is 30.3 Å². The molecule has 2 heterocycles. The molecule has 19 heavy (non-hydrogen) atoms. The lowest BCUT2D eigenvalue weighted by molar-refractivity contribution is 1.11. The standard InChI is InChI=1S/C13H6Cl2N4/c14-10-3-2-9(5-11(10)15)13-18-17-12-4-1-8(6-16)7-19(12)13/h1-5,7H. The van der Waals surface area contributed by atoms with Crippen molar-refractivity contribution < 1.29 is 0 Å². The summed E-state index contributed by atoms with van der Waals surface area (Å²) in [7, 11) is 0. The van der Waals surface area contributed by atoms with E-state index in [1.54, 1.807) is 34.9 Å². The second-order valence-corrected chi connectivity index (χ2v) is 4.72. The molecule has 0 unspecified atom stereocenters. The van der Waals surface area contributed by atoms with Crippen molar-refractivity contribution >= 4 is 28.8 Å². The Kier molecular flexibility index (Phi) is 2.86. The second kappa shape index (κ2) is 4.54. The first-order valence-corrected chi connectivity index (χ1v) is 6.15. The van der Waals surface area contributed by atoms with Gasteiger partial charge in [0.25, 0.3) is 0 Å². The summed E-state index contributed by atoms with van der Waals surface area (Å²) >= 11 is 11.9. The minimum atomic E-state index is 0.451. The molecule has 4 nitrogen and oxygen atoms in total. The molecule has 0 aliphatic heterocycles. The topological polar surface area (TPSA) is 54.0 Å². The van der Waals surface area contributed by atoms with E-state index in [0.29, 0.717) is 27.1 Å². The van der Waals surface area contributed by atoms with Crippen LogP contribution in [0, 0.1) is 11.3 Å². The fourth-order valence-corrected chi connectivity index (χ4v) is 2.09. The summed E-state index contributed by atoms with van der Waals surface area (Å²) < 4.78 is 1.75. The van der Waals surface area contributed by atoms with Crippen molar-refractivity contribution in [3.8, 4) is 17.5 Å². The maximum atomic E-state index is 8.93. The van der Waals surface area contributed by atoms with Crippen LogP contribution in [-0.2, 0) is 0 Å². The van der Waals surface area contributed by atoms with E-state index in [9.17, 15) is 0 Å². The fourth-order valence-electron chi connectivity index (χ4n) is 1.79. The number of nitriles is 1. The first-order chi connectivity index (χ1) is 9.19. The minimum Gasteiger partial charge on any atom is -0.281 e. The highest BCUT2D eigenvalue weighted by Gasteiger charge is 2.10. The lowest BCUT2D eigenvalue weighted by Gasteiger charge is -2.02.